The molecule has 0 spiro atoms. The van der Waals surface area contributed by atoms with Crippen LogP contribution in [-0.4, -0.2) is 64.2 Å². The summed E-state index contributed by atoms with van der Waals surface area (Å²) in [7, 11) is 0. The molecular weight excluding hydrogens is 464 g/mol. The Hall–Kier alpha value is -3.83. The van der Waals surface area contributed by atoms with Crippen molar-refractivity contribution >= 4 is 34.4 Å². The summed E-state index contributed by atoms with van der Waals surface area (Å²) in [5, 5.41) is 14.5. The molecule has 1 saturated heterocycles. The van der Waals surface area contributed by atoms with Gasteiger partial charge >= 0.3 is 6.09 Å². The third-order valence-electron chi connectivity index (χ3n) is 6.62. The molecule has 4 rings (SSSR count). The Morgan fingerprint density at radius 3 is 2.68 bits per heavy atom. The van der Waals surface area contributed by atoms with Gasteiger partial charge in [0, 0.05) is 73.0 Å². The molecule has 1 amide bonds. The monoisotopic (exact) mass is 500 g/mol. The van der Waals surface area contributed by atoms with Crippen molar-refractivity contribution in [3.8, 4) is 6.07 Å². The number of amides is 1. The summed E-state index contributed by atoms with van der Waals surface area (Å²) in [6.07, 6.45) is 8.38. The molecule has 2 N–H and O–H groups in total. The van der Waals surface area contributed by atoms with Gasteiger partial charge in [0.2, 0.25) is 0 Å². The van der Waals surface area contributed by atoms with Crippen LogP contribution in [0.25, 0.3) is 17.0 Å². The molecule has 1 aliphatic heterocycles. The van der Waals surface area contributed by atoms with Crippen molar-refractivity contribution in [2.75, 3.05) is 38.0 Å². The van der Waals surface area contributed by atoms with Crippen molar-refractivity contribution in [2.24, 2.45) is 0 Å². The van der Waals surface area contributed by atoms with Gasteiger partial charge in [-0.15, -0.1) is 0 Å². The Bertz CT molecular complexity index is 1340. The summed E-state index contributed by atoms with van der Waals surface area (Å²) >= 11 is 0. The first-order chi connectivity index (χ1) is 17.7. The summed E-state index contributed by atoms with van der Waals surface area (Å²) in [5.74, 6) is 0. The summed E-state index contributed by atoms with van der Waals surface area (Å²) < 4.78 is 5.49. The summed E-state index contributed by atoms with van der Waals surface area (Å²) in [6, 6.07) is 8.43. The van der Waals surface area contributed by atoms with E-state index < -0.39 is 5.60 Å². The first-order valence-electron chi connectivity index (χ1n) is 12.8. The molecule has 37 heavy (non-hydrogen) atoms. The van der Waals surface area contributed by atoms with Crippen LogP contribution in [0.5, 0.6) is 0 Å². The Morgan fingerprint density at radius 1 is 1.22 bits per heavy atom. The number of fused-ring (bicyclic) bond motifs is 1. The number of pyridine rings is 1. The number of hydrogen-bond donors (Lipinski definition) is 2. The lowest BCUT2D eigenvalue weighted by Gasteiger charge is -2.35. The third kappa shape index (κ3) is 6.30. The molecule has 1 aliphatic rings. The van der Waals surface area contributed by atoms with Crippen LogP contribution in [0.3, 0.4) is 0 Å². The highest BCUT2D eigenvalue weighted by Crippen LogP contribution is 2.32. The average molecular weight is 501 g/mol. The average Bonchev–Trinajstić information content (AvgIpc) is 3.34. The van der Waals surface area contributed by atoms with E-state index >= 15 is 0 Å². The summed E-state index contributed by atoms with van der Waals surface area (Å²) in [5.41, 5.74) is 5.76. The maximum Gasteiger partial charge on any atom is 0.410 e. The molecular formula is C29H36N6O2. The van der Waals surface area contributed by atoms with Crippen LogP contribution in [0.2, 0.25) is 0 Å². The van der Waals surface area contributed by atoms with Crippen LogP contribution >= 0.6 is 0 Å². The lowest BCUT2D eigenvalue weighted by molar-refractivity contribution is 0.0146. The number of nitrogens with zero attached hydrogens (tertiary/aromatic N) is 4. The van der Waals surface area contributed by atoms with Gasteiger partial charge in [0.1, 0.15) is 11.7 Å². The Balaban J connectivity index is 1.41. The van der Waals surface area contributed by atoms with Crippen LogP contribution in [0.4, 0.5) is 16.2 Å². The predicted octanol–water partition coefficient (Wildman–Crippen LogP) is 5.75. The number of aromatic amines is 1. The quantitative estimate of drug-likeness (QED) is 0.447. The Labute approximate surface area is 218 Å². The van der Waals surface area contributed by atoms with E-state index in [-0.39, 0.29) is 6.09 Å². The Kier molecular flexibility index (Phi) is 7.84. The standard InChI is InChI=1S/C29H36N6O2/c1-20-23-11-12-31-26(23)10-9-25(20)33-27-22(18-30)19-32-21(2)24(27)8-6-7-13-34-14-16-35(17-15-34)28(36)37-29(3,4)5/h6,8-12,19,31H,7,13-17H2,1-5H3,(H,32,33)/b8-6+. The van der Waals surface area contributed by atoms with Crippen LogP contribution in [0, 0.1) is 25.2 Å². The normalized spacial score (nSPS) is 14.8. The van der Waals surface area contributed by atoms with Gasteiger partial charge in [-0.1, -0.05) is 12.2 Å². The van der Waals surface area contributed by atoms with Gasteiger partial charge in [0.15, 0.2) is 0 Å². The fraction of sp³-hybridized carbons (Fsp3) is 0.414. The molecule has 194 valence electrons. The number of carbonyl (C=O) groups is 1. The number of nitriles is 1. The molecule has 8 heteroatoms. The molecule has 1 aromatic carbocycles. The number of aryl methyl sites for hydroxylation is 2. The first kappa shape index (κ1) is 26.2. The zero-order valence-electron chi connectivity index (χ0n) is 22.4. The topological polar surface area (TPSA) is 97.3 Å². The number of aromatic nitrogens is 2. The van der Waals surface area contributed by atoms with Gasteiger partial charge in [-0.25, -0.2) is 4.79 Å². The smallest absolute Gasteiger partial charge is 0.410 e. The molecule has 8 nitrogen and oxygen atoms in total. The van der Waals surface area contributed by atoms with E-state index in [4.69, 9.17) is 4.74 Å². The molecule has 0 bridgehead atoms. The number of ether oxygens (including phenoxy) is 1. The molecule has 0 atom stereocenters. The van der Waals surface area contributed by atoms with Crippen LogP contribution < -0.4 is 5.32 Å². The number of piperazine rings is 1. The fourth-order valence-electron chi connectivity index (χ4n) is 4.54. The molecule has 3 heterocycles. The van der Waals surface area contributed by atoms with E-state index in [1.165, 1.54) is 0 Å². The maximum atomic E-state index is 12.3. The highest BCUT2D eigenvalue weighted by Gasteiger charge is 2.25. The minimum absolute atomic E-state index is 0.238. The van der Waals surface area contributed by atoms with Gasteiger partial charge in [-0.2, -0.15) is 5.26 Å². The van der Waals surface area contributed by atoms with Crippen LogP contribution in [0.1, 0.15) is 49.6 Å². The molecule has 0 radical (unpaired) electrons. The highest BCUT2D eigenvalue weighted by atomic mass is 16.6. The summed E-state index contributed by atoms with van der Waals surface area (Å²) in [4.78, 5) is 24.1. The summed E-state index contributed by atoms with van der Waals surface area (Å²) in [6.45, 7) is 13.6. The van der Waals surface area contributed by atoms with Gasteiger partial charge in [-0.05, 0) is 64.8 Å². The minimum Gasteiger partial charge on any atom is -0.444 e. The van der Waals surface area contributed by atoms with Gasteiger partial charge < -0.3 is 19.9 Å². The van der Waals surface area contributed by atoms with Crippen molar-refractivity contribution in [3.63, 3.8) is 0 Å². The molecule has 1 fully saturated rings. The van der Waals surface area contributed by atoms with E-state index in [1.54, 1.807) is 11.1 Å². The van der Waals surface area contributed by atoms with Crippen molar-refractivity contribution in [2.45, 2.75) is 46.6 Å². The number of anilines is 2. The van der Waals surface area contributed by atoms with Gasteiger partial charge in [0.05, 0.1) is 11.3 Å². The van der Waals surface area contributed by atoms with Crippen LogP contribution in [0.15, 0.2) is 36.7 Å². The largest absolute Gasteiger partial charge is 0.444 e. The van der Waals surface area contributed by atoms with E-state index in [0.717, 1.165) is 65.2 Å². The van der Waals surface area contributed by atoms with Crippen LogP contribution in [-0.2, 0) is 4.74 Å². The number of rotatable bonds is 6. The van der Waals surface area contributed by atoms with Crippen molar-refractivity contribution < 1.29 is 9.53 Å². The number of nitrogens with one attached hydrogen (secondary N) is 2. The second-order valence-electron chi connectivity index (χ2n) is 10.5. The molecule has 2 aromatic heterocycles. The molecule has 0 saturated carbocycles. The van der Waals surface area contributed by atoms with E-state index in [1.807, 2.05) is 46.0 Å². The second-order valence-corrected chi connectivity index (χ2v) is 10.5. The Morgan fingerprint density at radius 2 is 1.97 bits per heavy atom. The number of hydrogen-bond acceptors (Lipinski definition) is 6. The predicted molar refractivity (Wildman–Crippen MR) is 148 cm³/mol. The number of H-pyrrole nitrogens is 1. The van der Waals surface area contributed by atoms with E-state index in [9.17, 15) is 10.1 Å². The van der Waals surface area contributed by atoms with E-state index in [0.29, 0.717) is 18.7 Å². The molecule has 3 aromatic rings. The van der Waals surface area contributed by atoms with Crippen molar-refractivity contribution in [1.82, 2.24) is 19.8 Å². The highest BCUT2D eigenvalue weighted by molar-refractivity contribution is 5.90. The number of benzene rings is 1. The molecule has 0 aliphatic carbocycles. The van der Waals surface area contributed by atoms with Gasteiger partial charge in [0.25, 0.3) is 0 Å². The fourth-order valence-corrected chi connectivity index (χ4v) is 4.54. The lowest BCUT2D eigenvalue weighted by atomic mass is 10.0. The lowest BCUT2D eigenvalue weighted by Crippen LogP contribution is -2.50. The SMILES string of the molecule is Cc1ncc(C#N)c(Nc2ccc3[nH]ccc3c2C)c1/C=C/CCN1CCN(C(=O)OC(C)(C)C)CC1. The first-order valence-corrected chi connectivity index (χ1v) is 12.8. The zero-order chi connectivity index (χ0) is 26.6. The van der Waals surface area contributed by atoms with Gasteiger partial charge in [-0.3, -0.25) is 9.88 Å². The second kappa shape index (κ2) is 11.1. The maximum absolute atomic E-state index is 12.3. The van der Waals surface area contributed by atoms with Crippen molar-refractivity contribution in [3.05, 3.63) is 59.1 Å². The zero-order valence-corrected chi connectivity index (χ0v) is 22.4. The van der Waals surface area contributed by atoms with E-state index in [2.05, 4.69) is 51.4 Å². The third-order valence-corrected chi connectivity index (χ3v) is 6.62. The molecule has 0 unspecified atom stereocenters. The van der Waals surface area contributed by atoms with Crippen molar-refractivity contribution in [1.29, 1.82) is 5.26 Å². The minimum atomic E-state index is -0.476. The number of carbonyl (C=O) groups excluding carboxylic acids is 1.